The van der Waals surface area contributed by atoms with E-state index in [4.69, 9.17) is 11.6 Å². The molecule has 0 fully saturated rings. The number of hydrogen-bond donors (Lipinski definition) is 3. The van der Waals surface area contributed by atoms with Gasteiger partial charge in [-0.15, -0.1) is 0 Å². The number of fused-ring (bicyclic) bond motifs is 2. The Balaban J connectivity index is 2.65. The van der Waals surface area contributed by atoms with Gasteiger partial charge in [0.15, 0.2) is 5.75 Å². The van der Waals surface area contributed by atoms with Gasteiger partial charge in [0, 0.05) is 17.0 Å². The number of rotatable bonds is 0. The lowest BCUT2D eigenvalue weighted by Crippen LogP contribution is -2.04. The van der Waals surface area contributed by atoms with Crippen molar-refractivity contribution >= 4 is 33.4 Å². The van der Waals surface area contributed by atoms with Crippen molar-refractivity contribution in [2.45, 2.75) is 0 Å². The summed E-state index contributed by atoms with van der Waals surface area (Å²) in [5, 5.41) is 19.7. The molecule has 0 saturated carbocycles. The van der Waals surface area contributed by atoms with Crippen LogP contribution in [0, 0.1) is 0 Å². The van der Waals surface area contributed by atoms with Crippen molar-refractivity contribution in [3.8, 4) is 11.5 Å². The van der Waals surface area contributed by atoms with Crippen LogP contribution < -0.4 is 5.43 Å². The standard InChI is InChI=1S/C13H8ClNO3/c14-11-9(16)5-8-10(13(11)18)12(17)6-3-1-2-4-7(6)15-8/h1-5,16,18H,(H,15,17). The fourth-order valence-electron chi connectivity index (χ4n) is 2.03. The molecule has 1 heterocycles. The SMILES string of the molecule is O=c1c2ccccc2[nH]c2cc(O)c(Cl)c(O)c12. The molecule has 3 aromatic rings. The molecule has 0 amide bonds. The van der Waals surface area contributed by atoms with Gasteiger partial charge in [-0.2, -0.15) is 0 Å². The number of para-hydroxylation sites is 1. The molecule has 18 heavy (non-hydrogen) atoms. The molecular formula is C13H8ClNO3. The maximum Gasteiger partial charge on any atom is 0.201 e. The zero-order valence-corrected chi connectivity index (χ0v) is 9.82. The highest BCUT2D eigenvalue weighted by Gasteiger charge is 2.15. The first kappa shape index (κ1) is 10.9. The molecule has 0 aliphatic heterocycles. The molecule has 4 nitrogen and oxygen atoms in total. The maximum atomic E-state index is 12.3. The predicted octanol–water partition coefficient (Wildman–Crippen LogP) is 2.75. The molecule has 0 bridgehead atoms. The van der Waals surface area contributed by atoms with Crippen molar-refractivity contribution in [3.05, 3.63) is 45.6 Å². The van der Waals surface area contributed by atoms with Crippen LogP contribution >= 0.6 is 11.6 Å². The number of H-pyrrole nitrogens is 1. The van der Waals surface area contributed by atoms with Gasteiger partial charge in [-0.05, 0) is 12.1 Å². The van der Waals surface area contributed by atoms with E-state index in [9.17, 15) is 15.0 Å². The summed E-state index contributed by atoms with van der Waals surface area (Å²) < 4.78 is 0. The highest BCUT2D eigenvalue weighted by Crippen LogP contribution is 2.37. The van der Waals surface area contributed by atoms with Gasteiger partial charge in [0.05, 0.1) is 10.9 Å². The average molecular weight is 262 g/mol. The van der Waals surface area contributed by atoms with Gasteiger partial charge in [-0.3, -0.25) is 4.79 Å². The van der Waals surface area contributed by atoms with E-state index in [0.29, 0.717) is 16.4 Å². The quantitative estimate of drug-likeness (QED) is 0.545. The van der Waals surface area contributed by atoms with Crippen molar-refractivity contribution in [2.24, 2.45) is 0 Å². The number of aromatic amines is 1. The molecule has 0 radical (unpaired) electrons. The maximum absolute atomic E-state index is 12.3. The summed E-state index contributed by atoms with van der Waals surface area (Å²) in [7, 11) is 0. The second-order valence-electron chi connectivity index (χ2n) is 3.98. The van der Waals surface area contributed by atoms with Crippen molar-refractivity contribution in [3.63, 3.8) is 0 Å². The van der Waals surface area contributed by atoms with Crippen molar-refractivity contribution in [1.29, 1.82) is 0 Å². The third kappa shape index (κ3) is 1.36. The molecule has 0 aliphatic rings. The largest absolute Gasteiger partial charge is 0.506 e. The Kier molecular flexibility index (Phi) is 2.21. The van der Waals surface area contributed by atoms with Gasteiger partial charge >= 0.3 is 0 Å². The summed E-state index contributed by atoms with van der Waals surface area (Å²) in [6.07, 6.45) is 0. The monoisotopic (exact) mass is 261 g/mol. The van der Waals surface area contributed by atoms with Gasteiger partial charge < -0.3 is 15.2 Å². The highest BCUT2D eigenvalue weighted by molar-refractivity contribution is 6.34. The highest BCUT2D eigenvalue weighted by atomic mass is 35.5. The Labute approximate surface area is 106 Å². The summed E-state index contributed by atoms with van der Waals surface area (Å²) in [5.41, 5.74) is 0.660. The molecule has 3 rings (SSSR count). The summed E-state index contributed by atoms with van der Waals surface area (Å²) >= 11 is 5.73. The Hall–Kier alpha value is -2.20. The smallest absolute Gasteiger partial charge is 0.201 e. The van der Waals surface area contributed by atoms with E-state index in [1.54, 1.807) is 24.3 Å². The fourth-order valence-corrected chi connectivity index (χ4v) is 2.18. The van der Waals surface area contributed by atoms with Crippen LogP contribution in [0.3, 0.4) is 0 Å². The van der Waals surface area contributed by atoms with Crippen LogP contribution in [0.15, 0.2) is 35.1 Å². The van der Waals surface area contributed by atoms with Crippen molar-refractivity contribution in [1.82, 2.24) is 4.98 Å². The predicted molar refractivity (Wildman–Crippen MR) is 70.4 cm³/mol. The third-order valence-corrected chi connectivity index (χ3v) is 3.26. The molecule has 3 N–H and O–H groups in total. The van der Waals surface area contributed by atoms with E-state index in [1.165, 1.54) is 6.07 Å². The molecular weight excluding hydrogens is 254 g/mol. The summed E-state index contributed by atoms with van der Waals surface area (Å²) in [4.78, 5) is 15.2. The van der Waals surface area contributed by atoms with Gasteiger partial charge in [0.2, 0.25) is 5.43 Å². The van der Waals surface area contributed by atoms with Crippen LogP contribution in [0.4, 0.5) is 0 Å². The zero-order chi connectivity index (χ0) is 12.9. The number of hydrogen-bond acceptors (Lipinski definition) is 3. The molecule has 0 aliphatic carbocycles. The molecule has 0 spiro atoms. The van der Waals surface area contributed by atoms with Crippen LogP contribution in [0.25, 0.3) is 21.8 Å². The van der Waals surface area contributed by atoms with E-state index < -0.39 is 5.75 Å². The fraction of sp³-hybridized carbons (Fsp3) is 0. The zero-order valence-electron chi connectivity index (χ0n) is 9.07. The summed E-state index contributed by atoms with van der Waals surface area (Å²) in [6, 6.07) is 8.26. The van der Waals surface area contributed by atoms with Gasteiger partial charge in [-0.1, -0.05) is 23.7 Å². The number of nitrogens with one attached hydrogen (secondary N) is 1. The number of phenols is 2. The number of phenolic OH excluding ortho intramolecular Hbond substituents is 2. The lowest BCUT2D eigenvalue weighted by Gasteiger charge is -2.07. The van der Waals surface area contributed by atoms with E-state index in [2.05, 4.69) is 4.98 Å². The molecule has 5 heteroatoms. The topological polar surface area (TPSA) is 73.3 Å². The summed E-state index contributed by atoms with van der Waals surface area (Å²) in [5.74, 6) is -0.675. The molecule has 1 aromatic heterocycles. The summed E-state index contributed by atoms with van der Waals surface area (Å²) in [6.45, 7) is 0. The van der Waals surface area contributed by atoms with E-state index in [-0.39, 0.29) is 21.6 Å². The molecule has 2 aromatic carbocycles. The number of benzene rings is 2. The lowest BCUT2D eigenvalue weighted by atomic mass is 10.1. The first-order valence-electron chi connectivity index (χ1n) is 5.25. The number of pyridine rings is 1. The lowest BCUT2D eigenvalue weighted by molar-refractivity contribution is 0.455. The third-order valence-electron chi connectivity index (χ3n) is 2.89. The first-order chi connectivity index (χ1) is 8.59. The number of halogens is 1. The van der Waals surface area contributed by atoms with E-state index >= 15 is 0 Å². The minimum atomic E-state index is -0.404. The Bertz CT molecular complexity index is 839. The van der Waals surface area contributed by atoms with Crippen molar-refractivity contribution < 1.29 is 10.2 Å². The number of aromatic nitrogens is 1. The van der Waals surface area contributed by atoms with Gasteiger partial charge in [0.25, 0.3) is 0 Å². The minimum absolute atomic E-state index is 0.0801. The van der Waals surface area contributed by atoms with Crippen LogP contribution in [0.1, 0.15) is 0 Å². The van der Waals surface area contributed by atoms with Crippen LogP contribution in [-0.2, 0) is 0 Å². The Morgan fingerprint density at radius 1 is 1.11 bits per heavy atom. The minimum Gasteiger partial charge on any atom is -0.506 e. The Morgan fingerprint density at radius 2 is 1.83 bits per heavy atom. The normalized spacial score (nSPS) is 11.2. The average Bonchev–Trinajstić information content (AvgIpc) is 2.36. The van der Waals surface area contributed by atoms with E-state index in [1.807, 2.05) is 0 Å². The number of aromatic hydroxyl groups is 2. The second-order valence-corrected chi connectivity index (χ2v) is 4.36. The first-order valence-corrected chi connectivity index (χ1v) is 5.62. The van der Waals surface area contributed by atoms with Crippen molar-refractivity contribution in [2.75, 3.05) is 0 Å². The molecule has 0 unspecified atom stereocenters. The Morgan fingerprint density at radius 3 is 2.61 bits per heavy atom. The van der Waals surface area contributed by atoms with Crippen LogP contribution in [0.5, 0.6) is 11.5 Å². The van der Waals surface area contributed by atoms with Crippen LogP contribution in [-0.4, -0.2) is 15.2 Å². The molecule has 0 saturated heterocycles. The second kappa shape index (κ2) is 3.65. The van der Waals surface area contributed by atoms with Gasteiger partial charge in [-0.25, -0.2) is 0 Å². The molecule has 90 valence electrons. The van der Waals surface area contributed by atoms with Crippen LogP contribution in [0.2, 0.25) is 5.02 Å². The van der Waals surface area contributed by atoms with E-state index in [0.717, 1.165) is 0 Å². The van der Waals surface area contributed by atoms with Gasteiger partial charge in [0.1, 0.15) is 10.8 Å². The molecule has 0 atom stereocenters.